The smallest absolute Gasteiger partial charge is 0.147 e. The number of aromatic nitrogens is 3. The molecule has 0 radical (unpaired) electrons. The molecule has 0 spiro atoms. The van der Waals surface area contributed by atoms with Crippen molar-refractivity contribution >= 4 is 32.9 Å². The number of rotatable bonds is 4. The van der Waals surface area contributed by atoms with E-state index in [0.29, 0.717) is 11.8 Å². The number of hydrogen-bond acceptors (Lipinski definition) is 4. The van der Waals surface area contributed by atoms with Crippen molar-refractivity contribution in [3.63, 3.8) is 0 Å². The molecule has 3 rings (SSSR count). The van der Waals surface area contributed by atoms with E-state index in [1.165, 1.54) is 6.33 Å². The summed E-state index contributed by atoms with van der Waals surface area (Å²) in [6.07, 6.45) is 10.0. The first-order chi connectivity index (χ1) is 11.6. The van der Waals surface area contributed by atoms with Gasteiger partial charge in [-0.3, -0.25) is 0 Å². The van der Waals surface area contributed by atoms with Crippen LogP contribution in [0.25, 0.3) is 11.0 Å². The van der Waals surface area contributed by atoms with Crippen molar-refractivity contribution in [1.82, 2.24) is 14.5 Å². The predicted octanol–water partition coefficient (Wildman–Crippen LogP) is 4.87. The summed E-state index contributed by atoms with van der Waals surface area (Å²) in [6.45, 7) is 9.37. The summed E-state index contributed by atoms with van der Waals surface area (Å²) >= 11 is 6.23. The fourth-order valence-corrected chi connectivity index (χ4v) is 4.00. The van der Waals surface area contributed by atoms with Crippen molar-refractivity contribution in [2.45, 2.75) is 57.6 Å². The Morgan fingerprint density at radius 3 is 2.72 bits per heavy atom. The van der Waals surface area contributed by atoms with E-state index in [1.54, 1.807) is 0 Å². The zero-order valence-corrected chi connectivity index (χ0v) is 17.4. The van der Waals surface area contributed by atoms with Crippen LogP contribution in [-0.4, -0.2) is 44.5 Å². The highest BCUT2D eigenvalue weighted by Crippen LogP contribution is 2.54. The summed E-state index contributed by atoms with van der Waals surface area (Å²) in [5.74, 6) is 0. The van der Waals surface area contributed by atoms with E-state index < -0.39 is 10.3 Å². The van der Waals surface area contributed by atoms with Gasteiger partial charge < -0.3 is 13.5 Å². The molecule has 2 aromatic heterocycles. The average molecular weight is 386 g/mol. The highest BCUT2D eigenvalue weighted by molar-refractivity contribution is 8.29. The second kappa shape index (κ2) is 6.72. The van der Waals surface area contributed by atoms with Crippen molar-refractivity contribution in [2.24, 2.45) is 0 Å². The zero-order chi connectivity index (χ0) is 18.4. The number of halogens is 1. The second-order valence-electron chi connectivity index (χ2n) is 8.00. The minimum Gasteiger partial charge on any atom is -0.352 e. The van der Waals surface area contributed by atoms with Crippen LogP contribution in [0.3, 0.4) is 0 Å². The molecule has 140 valence electrons. The third kappa shape index (κ3) is 3.68. The van der Waals surface area contributed by atoms with Crippen LogP contribution < -0.4 is 0 Å². The Morgan fingerprint density at radius 1 is 1.32 bits per heavy atom. The number of hydrogen-bond donors (Lipinski definition) is 0. The fourth-order valence-electron chi connectivity index (χ4n) is 2.88. The van der Waals surface area contributed by atoms with Crippen LogP contribution in [-0.2, 0) is 8.92 Å². The lowest BCUT2D eigenvalue weighted by molar-refractivity contribution is -0.0137. The van der Waals surface area contributed by atoms with Crippen LogP contribution in [0.2, 0.25) is 5.15 Å². The molecule has 1 aliphatic rings. The number of nitrogens with zero attached hydrogens (tertiary/aromatic N) is 3. The number of fused-ring (bicyclic) bond motifs is 1. The highest BCUT2D eigenvalue weighted by atomic mass is 35.5. The van der Waals surface area contributed by atoms with Gasteiger partial charge in [-0.25, -0.2) is 9.97 Å². The predicted molar refractivity (Wildman–Crippen MR) is 106 cm³/mol. The lowest BCUT2D eigenvalue weighted by Gasteiger charge is -2.44. The van der Waals surface area contributed by atoms with Crippen LogP contribution >= 0.6 is 21.9 Å². The quantitative estimate of drug-likeness (QED) is 0.705. The van der Waals surface area contributed by atoms with Crippen molar-refractivity contribution in [3.05, 3.63) is 23.2 Å². The molecule has 0 saturated carbocycles. The minimum atomic E-state index is -1.13. The van der Waals surface area contributed by atoms with Gasteiger partial charge in [0.25, 0.3) is 0 Å². The molecule has 1 saturated heterocycles. The largest absolute Gasteiger partial charge is 0.352 e. The highest BCUT2D eigenvalue weighted by Gasteiger charge is 2.33. The molecule has 0 bridgehead atoms. The topological polar surface area (TPSA) is 49.2 Å². The summed E-state index contributed by atoms with van der Waals surface area (Å²) < 4.78 is 14.8. The molecule has 1 aliphatic heterocycles. The van der Waals surface area contributed by atoms with E-state index in [-0.39, 0.29) is 17.1 Å². The fraction of sp³-hybridized carbons (Fsp3) is 0.667. The summed E-state index contributed by atoms with van der Waals surface area (Å²) in [4.78, 5) is 8.50. The van der Waals surface area contributed by atoms with E-state index >= 15 is 0 Å². The van der Waals surface area contributed by atoms with Crippen LogP contribution in [0, 0.1) is 6.92 Å². The van der Waals surface area contributed by atoms with Crippen molar-refractivity contribution in [1.29, 1.82) is 0 Å². The van der Waals surface area contributed by atoms with E-state index in [2.05, 4.69) is 54.0 Å². The van der Waals surface area contributed by atoms with Gasteiger partial charge in [-0.1, -0.05) is 32.4 Å². The van der Waals surface area contributed by atoms with E-state index in [9.17, 15) is 0 Å². The Labute approximate surface area is 156 Å². The van der Waals surface area contributed by atoms with Crippen LogP contribution in [0.4, 0.5) is 0 Å². The first-order valence-electron chi connectivity index (χ1n) is 8.60. The maximum Gasteiger partial charge on any atom is 0.147 e. The number of ether oxygens (including phenoxy) is 1. The first-order valence-corrected chi connectivity index (χ1v) is 11.4. The molecule has 2 aromatic rings. The third-order valence-corrected chi connectivity index (χ3v) is 9.13. The average Bonchev–Trinajstić information content (AvgIpc) is 3.09. The molecule has 0 aliphatic carbocycles. The Kier molecular flexibility index (Phi) is 5.10. The second-order valence-corrected chi connectivity index (χ2v) is 12.3. The third-order valence-electron chi connectivity index (χ3n) is 5.17. The summed E-state index contributed by atoms with van der Waals surface area (Å²) in [5.41, 5.74) is 1.91. The van der Waals surface area contributed by atoms with Crippen molar-refractivity contribution in [2.75, 3.05) is 19.1 Å². The summed E-state index contributed by atoms with van der Waals surface area (Å²) in [7, 11) is -1.13. The minimum absolute atomic E-state index is 0.0245. The van der Waals surface area contributed by atoms with E-state index in [0.717, 1.165) is 29.4 Å². The maximum absolute atomic E-state index is 6.28. The van der Waals surface area contributed by atoms with Gasteiger partial charge in [0.15, 0.2) is 0 Å². The molecular formula is C18H28ClN3O2S. The molecule has 2 unspecified atom stereocenters. The van der Waals surface area contributed by atoms with Crippen molar-refractivity contribution in [3.8, 4) is 0 Å². The molecule has 2 atom stereocenters. The zero-order valence-electron chi connectivity index (χ0n) is 15.9. The summed E-state index contributed by atoms with van der Waals surface area (Å²) in [5, 5.41) is 1.40. The molecule has 7 heteroatoms. The monoisotopic (exact) mass is 385 g/mol. The standard InChI is InChI=1S/C18H28ClN3O2S/c1-12-9-22(17-15(12)16(19)20-11-21-17)14-8-7-13(24-14)10-23-25(5,6)18(2,3)4/h9,11,13-14H,7-8,10H2,1-6H3. The van der Waals surface area contributed by atoms with Crippen LogP contribution in [0.15, 0.2) is 12.5 Å². The SMILES string of the molecule is Cc1cn(C2CCC(COS(C)(C)C(C)(C)C)O2)c2ncnc(Cl)c12. The Bertz CT molecular complexity index is 770. The molecule has 5 nitrogen and oxygen atoms in total. The summed E-state index contributed by atoms with van der Waals surface area (Å²) in [6, 6.07) is 0. The molecule has 0 N–H and O–H groups in total. The molecular weight excluding hydrogens is 358 g/mol. The molecule has 0 amide bonds. The Morgan fingerprint density at radius 2 is 2.04 bits per heavy atom. The van der Waals surface area contributed by atoms with E-state index in [1.807, 2.05) is 6.92 Å². The van der Waals surface area contributed by atoms with Gasteiger partial charge in [0.1, 0.15) is 23.4 Å². The first kappa shape index (κ1) is 19.0. The molecule has 0 aromatic carbocycles. The Balaban J connectivity index is 1.71. The van der Waals surface area contributed by atoms with Gasteiger partial charge >= 0.3 is 0 Å². The van der Waals surface area contributed by atoms with E-state index in [4.69, 9.17) is 20.5 Å². The molecule has 3 heterocycles. The van der Waals surface area contributed by atoms with Gasteiger partial charge in [0.05, 0.1) is 18.1 Å². The normalized spacial score (nSPS) is 22.7. The lowest BCUT2D eigenvalue weighted by Crippen LogP contribution is -2.28. The van der Waals surface area contributed by atoms with Gasteiger partial charge in [0.2, 0.25) is 0 Å². The molecule has 1 fully saturated rings. The number of aryl methyl sites for hydroxylation is 1. The molecule has 25 heavy (non-hydrogen) atoms. The van der Waals surface area contributed by atoms with Gasteiger partial charge in [-0.05, 0) is 37.8 Å². The van der Waals surface area contributed by atoms with Crippen LogP contribution in [0.5, 0.6) is 0 Å². The van der Waals surface area contributed by atoms with Gasteiger partial charge in [-0.2, -0.15) is 0 Å². The lowest BCUT2D eigenvalue weighted by atomic mass is 10.2. The Hall–Kier alpha value is -0.820. The van der Waals surface area contributed by atoms with Gasteiger partial charge in [-0.15, -0.1) is 10.3 Å². The van der Waals surface area contributed by atoms with Crippen molar-refractivity contribution < 1.29 is 8.92 Å². The maximum atomic E-state index is 6.28. The van der Waals surface area contributed by atoms with Crippen LogP contribution in [0.1, 0.15) is 45.4 Å². The van der Waals surface area contributed by atoms with Gasteiger partial charge in [0, 0.05) is 10.9 Å².